The number of aliphatic hydroxyl groups is 1. The van der Waals surface area contributed by atoms with Gasteiger partial charge in [0.15, 0.2) is 20.9 Å². The van der Waals surface area contributed by atoms with Crippen LogP contribution in [0.5, 0.6) is 0 Å². The van der Waals surface area contributed by atoms with Gasteiger partial charge < -0.3 is 14.7 Å². The molecule has 2 aliphatic rings. The lowest BCUT2D eigenvalue weighted by atomic mass is 10.1. The van der Waals surface area contributed by atoms with Gasteiger partial charge >= 0.3 is 6.03 Å². The number of fused-ring (bicyclic) bond motifs is 1. The standard InChI is InChI=1S/C27H31F2N3O7S/c1-26(40(2,36)37,24(34)30-39-23-5-3-4-14-38-23)12-13-31-17-22-15-20(16-32(22)25(31)35)7-6-19-8-10-21(11-9-19)27(28,29)18-33/h8-11,15-16,23,33H,3-5,12-14,17-18H2,1-2H3,(H,30,34)/t23?,26-/m1/s1. The zero-order chi connectivity index (χ0) is 29.1. The SMILES string of the molecule is C[C@@](CCN1Cc2cc(C#Cc3ccc(C(F)(F)CO)cc3)cn2C1=O)(C(=O)NOC1CCCCO1)S(C)(=O)=O. The number of carbonyl (C=O) groups is 2. The highest BCUT2D eigenvalue weighted by Crippen LogP contribution is 2.28. The van der Waals surface area contributed by atoms with Gasteiger partial charge in [-0.3, -0.25) is 9.36 Å². The summed E-state index contributed by atoms with van der Waals surface area (Å²) in [6, 6.07) is 6.56. The Bertz CT molecular complexity index is 1420. The normalized spacial score (nSPS) is 19.0. The van der Waals surface area contributed by atoms with Gasteiger partial charge in [-0.25, -0.2) is 23.5 Å². The van der Waals surface area contributed by atoms with E-state index in [2.05, 4.69) is 17.3 Å². The lowest BCUT2D eigenvalue weighted by Crippen LogP contribution is -2.52. The lowest BCUT2D eigenvalue weighted by molar-refractivity contribution is -0.201. The van der Waals surface area contributed by atoms with Crippen LogP contribution < -0.4 is 5.48 Å². The molecule has 1 fully saturated rings. The van der Waals surface area contributed by atoms with Crippen molar-refractivity contribution in [3.05, 3.63) is 58.9 Å². The van der Waals surface area contributed by atoms with Gasteiger partial charge in [0.25, 0.3) is 11.8 Å². The average Bonchev–Trinajstić information content (AvgIpc) is 3.47. The predicted octanol–water partition coefficient (Wildman–Crippen LogP) is 2.52. The van der Waals surface area contributed by atoms with Crippen LogP contribution in [0.3, 0.4) is 0 Å². The van der Waals surface area contributed by atoms with Gasteiger partial charge in [-0.1, -0.05) is 24.0 Å². The Morgan fingerprint density at radius 3 is 2.52 bits per heavy atom. The second kappa shape index (κ2) is 11.7. The minimum atomic E-state index is -3.88. The van der Waals surface area contributed by atoms with Gasteiger partial charge in [-0.15, -0.1) is 0 Å². The molecule has 0 bridgehead atoms. The van der Waals surface area contributed by atoms with E-state index in [0.717, 1.165) is 19.1 Å². The second-order valence-electron chi connectivity index (χ2n) is 10.1. The Morgan fingerprint density at radius 2 is 1.93 bits per heavy atom. The van der Waals surface area contributed by atoms with Gasteiger partial charge in [0.1, 0.15) is 6.61 Å². The summed E-state index contributed by atoms with van der Waals surface area (Å²) in [6.45, 7) is 0.705. The van der Waals surface area contributed by atoms with Crippen molar-refractivity contribution in [3.63, 3.8) is 0 Å². The Morgan fingerprint density at radius 1 is 1.23 bits per heavy atom. The highest BCUT2D eigenvalue weighted by atomic mass is 32.2. The zero-order valence-electron chi connectivity index (χ0n) is 22.2. The number of hydrogen-bond donors (Lipinski definition) is 2. The molecule has 2 aromatic rings. The van der Waals surface area contributed by atoms with Gasteiger partial charge in [-0.05, 0) is 44.4 Å². The summed E-state index contributed by atoms with van der Waals surface area (Å²) in [5.74, 6) is 1.59. The van der Waals surface area contributed by atoms with Crippen LogP contribution in [-0.2, 0) is 36.7 Å². The maximum absolute atomic E-state index is 13.6. The van der Waals surface area contributed by atoms with Crippen molar-refractivity contribution in [2.45, 2.75) is 56.1 Å². The van der Waals surface area contributed by atoms with Crippen LogP contribution in [0.15, 0.2) is 36.5 Å². The lowest BCUT2D eigenvalue weighted by Gasteiger charge is -2.29. The van der Waals surface area contributed by atoms with Gasteiger partial charge in [-0.2, -0.15) is 8.78 Å². The maximum atomic E-state index is 13.6. The molecule has 3 heterocycles. The van der Waals surface area contributed by atoms with E-state index in [1.165, 1.54) is 40.7 Å². The summed E-state index contributed by atoms with van der Waals surface area (Å²) in [6.07, 6.45) is 4.06. The first kappa shape index (κ1) is 29.7. The van der Waals surface area contributed by atoms with Crippen LogP contribution in [0.1, 0.15) is 55.0 Å². The Hall–Kier alpha value is -3.31. The third-order valence-corrected chi connectivity index (χ3v) is 9.19. The first-order valence-electron chi connectivity index (χ1n) is 12.7. The molecule has 2 atom stereocenters. The number of rotatable bonds is 9. The summed E-state index contributed by atoms with van der Waals surface area (Å²) in [7, 11) is -3.88. The highest BCUT2D eigenvalue weighted by Gasteiger charge is 2.45. The van der Waals surface area contributed by atoms with Crippen molar-refractivity contribution in [1.29, 1.82) is 0 Å². The monoisotopic (exact) mass is 579 g/mol. The Kier molecular flexibility index (Phi) is 8.65. The van der Waals surface area contributed by atoms with Crippen molar-refractivity contribution in [1.82, 2.24) is 14.9 Å². The van der Waals surface area contributed by atoms with Crippen molar-refractivity contribution in [2.24, 2.45) is 0 Å². The Labute approximate surface area is 231 Å². The van der Waals surface area contributed by atoms with Crippen LogP contribution >= 0.6 is 0 Å². The first-order chi connectivity index (χ1) is 18.8. The second-order valence-corrected chi connectivity index (χ2v) is 12.5. The molecule has 1 saturated heterocycles. The molecular weight excluding hydrogens is 548 g/mol. The molecule has 40 heavy (non-hydrogen) atoms. The van der Waals surface area contributed by atoms with Crippen LogP contribution in [0.2, 0.25) is 0 Å². The van der Waals surface area contributed by atoms with E-state index in [4.69, 9.17) is 14.7 Å². The zero-order valence-corrected chi connectivity index (χ0v) is 23.0. The molecule has 1 aromatic heterocycles. The predicted molar refractivity (Wildman–Crippen MR) is 140 cm³/mol. The van der Waals surface area contributed by atoms with Crippen LogP contribution in [0.25, 0.3) is 0 Å². The summed E-state index contributed by atoms with van der Waals surface area (Å²) >= 11 is 0. The number of aliphatic hydroxyl groups excluding tert-OH is 1. The number of benzene rings is 1. The third-order valence-electron chi connectivity index (χ3n) is 7.16. The van der Waals surface area contributed by atoms with Gasteiger partial charge in [0.2, 0.25) is 0 Å². The number of carbonyl (C=O) groups excluding carboxylic acids is 2. The van der Waals surface area contributed by atoms with Gasteiger partial charge in [0.05, 0.1) is 6.54 Å². The summed E-state index contributed by atoms with van der Waals surface area (Å²) in [5.41, 5.74) is 3.57. The van der Waals surface area contributed by atoms with E-state index in [1.807, 2.05) is 0 Å². The van der Waals surface area contributed by atoms with E-state index >= 15 is 0 Å². The maximum Gasteiger partial charge on any atom is 0.328 e. The minimum Gasteiger partial charge on any atom is -0.390 e. The van der Waals surface area contributed by atoms with Crippen molar-refractivity contribution >= 4 is 21.8 Å². The average molecular weight is 580 g/mol. The minimum absolute atomic E-state index is 0.00324. The fourth-order valence-electron chi connectivity index (χ4n) is 4.35. The molecule has 0 spiro atoms. The third kappa shape index (κ3) is 6.36. The number of nitrogens with zero attached hydrogens (tertiary/aromatic N) is 2. The van der Waals surface area contributed by atoms with Crippen molar-refractivity contribution < 1.29 is 41.5 Å². The van der Waals surface area contributed by atoms with Gasteiger partial charge in [0, 0.05) is 54.4 Å². The summed E-state index contributed by atoms with van der Waals surface area (Å²) < 4.78 is 57.3. The number of sulfone groups is 1. The molecule has 2 aliphatic heterocycles. The number of hydrogen-bond acceptors (Lipinski definition) is 7. The molecule has 0 saturated carbocycles. The van der Waals surface area contributed by atoms with E-state index in [9.17, 15) is 26.8 Å². The molecular formula is C27H31F2N3O7S. The molecule has 0 aliphatic carbocycles. The Balaban J connectivity index is 1.38. The highest BCUT2D eigenvalue weighted by molar-refractivity contribution is 7.92. The number of aromatic nitrogens is 1. The number of nitrogens with one attached hydrogen (secondary N) is 1. The number of ether oxygens (including phenoxy) is 1. The topological polar surface area (TPSA) is 127 Å². The summed E-state index contributed by atoms with van der Waals surface area (Å²) in [5, 5.41) is 8.80. The summed E-state index contributed by atoms with van der Waals surface area (Å²) in [4.78, 5) is 32.6. The molecule has 2 N–H and O–H groups in total. The van der Waals surface area contributed by atoms with Crippen LogP contribution in [-0.4, -0.2) is 72.0 Å². The van der Waals surface area contributed by atoms with E-state index < -0.39 is 39.3 Å². The van der Waals surface area contributed by atoms with Crippen molar-refractivity contribution in [3.8, 4) is 11.8 Å². The van der Waals surface area contributed by atoms with Crippen LogP contribution in [0.4, 0.5) is 13.6 Å². The number of hydroxylamine groups is 1. The quantitative estimate of drug-likeness (QED) is 0.345. The number of halogens is 2. The molecule has 0 radical (unpaired) electrons. The first-order valence-corrected chi connectivity index (χ1v) is 14.6. The largest absolute Gasteiger partial charge is 0.390 e. The molecule has 4 rings (SSSR count). The van der Waals surface area contributed by atoms with E-state index in [-0.39, 0.29) is 31.1 Å². The number of amides is 2. The van der Waals surface area contributed by atoms with E-state index in [0.29, 0.717) is 29.8 Å². The molecule has 1 aromatic carbocycles. The molecule has 216 valence electrons. The fourth-order valence-corrected chi connectivity index (χ4v) is 5.19. The van der Waals surface area contributed by atoms with E-state index in [1.54, 1.807) is 12.3 Å². The number of alkyl halides is 2. The molecule has 2 amide bonds. The fraction of sp³-hybridized carbons (Fsp3) is 0.481. The molecule has 10 nitrogen and oxygen atoms in total. The smallest absolute Gasteiger partial charge is 0.328 e. The molecule has 13 heteroatoms. The van der Waals surface area contributed by atoms with Crippen LogP contribution in [0, 0.1) is 11.8 Å². The van der Waals surface area contributed by atoms with Crippen molar-refractivity contribution in [2.75, 3.05) is 26.0 Å². The molecule has 1 unspecified atom stereocenters.